The number of fused-ring (bicyclic) bond motifs is 2. The molecule has 0 heterocycles. The number of hydrogen-bond acceptors (Lipinski definition) is 3. The van der Waals surface area contributed by atoms with Gasteiger partial charge in [-0.3, -0.25) is 0 Å². The van der Waals surface area contributed by atoms with E-state index in [4.69, 9.17) is 9.47 Å². The highest BCUT2D eigenvalue weighted by Crippen LogP contribution is 2.49. The lowest BCUT2D eigenvalue weighted by Crippen LogP contribution is -2.26. The second kappa shape index (κ2) is 10.3. The predicted molar refractivity (Wildman–Crippen MR) is 159 cm³/mol. The quantitative estimate of drug-likeness (QED) is 0.166. The van der Waals surface area contributed by atoms with Crippen LogP contribution in [0.15, 0.2) is 133 Å². The van der Waals surface area contributed by atoms with Crippen LogP contribution in [0.25, 0.3) is 32.7 Å². The minimum absolute atomic E-state index is 0.112. The summed E-state index contributed by atoms with van der Waals surface area (Å²) in [4.78, 5) is 0. The molecule has 0 aliphatic carbocycles. The third-order valence-corrected chi connectivity index (χ3v) is 10.1. The molecule has 4 heteroatoms. The molecule has 0 saturated heterocycles. The van der Waals surface area contributed by atoms with Gasteiger partial charge in [0.1, 0.15) is 5.75 Å². The molecule has 3 nitrogen and oxygen atoms in total. The monoisotopic (exact) mass is 514 g/mol. The molecule has 186 valence electrons. The van der Waals surface area contributed by atoms with Crippen LogP contribution in [0.1, 0.15) is 0 Å². The molecule has 0 aromatic heterocycles. The van der Waals surface area contributed by atoms with Crippen LogP contribution in [0, 0.1) is 0 Å². The van der Waals surface area contributed by atoms with E-state index < -0.39 is 7.14 Å². The molecular formula is C34H27O3P. The van der Waals surface area contributed by atoms with E-state index in [0.29, 0.717) is 5.75 Å². The lowest BCUT2D eigenvalue weighted by Gasteiger charge is -2.25. The highest BCUT2D eigenvalue weighted by atomic mass is 31.2. The average molecular weight is 515 g/mol. The number of hydrogen-bond donors (Lipinski definition) is 0. The van der Waals surface area contributed by atoms with Crippen LogP contribution < -0.4 is 20.7 Å². The maximum Gasteiger partial charge on any atom is 0.188 e. The van der Waals surface area contributed by atoms with E-state index >= 15 is 4.57 Å². The lowest BCUT2D eigenvalue weighted by molar-refractivity contribution is 0.0516. The summed E-state index contributed by atoms with van der Waals surface area (Å²) in [5.41, 5.74) is 1.83. The van der Waals surface area contributed by atoms with Crippen LogP contribution in [-0.4, -0.2) is 13.9 Å². The fourth-order valence-electron chi connectivity index (χ4n) is 5.24. The zero-order valence-corrected chi connectivity index (χ0v) is 22.0. The highest BCUT2D eigenvalue weighted by molar-refractivity contribution is 7.85. The molecule has 0 saturated carbocycles. The van der Waals surface area contributed by atoms with Gasteiger partial charge in [0.15, 0.2) is 13.9 Å². The first-order chi connectivity index (χ1) is 18.7. The maximum atomic E-state index is 15.7. The van der Waals surface area contributed by atoms with Crippen LogP contribution in [0.5, 0.6) is 5.75 Å². The predicted octanol–water partition coefficient (Wildman–Crippen LogP) is 7.28. The molecule has 0 spiro atoms. The Bertz CT molecular complexity index is 1740. The molecule has 0 radical (unpaired) electrons. The van der Waals surface area contributed by atoms with Crippen LogP contribution >= 0.6 is 7.14 Å². The SMILES string of the molecule is COCOc1ccc2ccccc2c1-c1c(P(=O)(c2ccccc2)c2ccccc2)ccc2ccccc12. The fraction of sp³-hybridized carbons (Fsp3) is 0.0588. The topological polar surface area (TPSA) is 35.5 Å². The zero-order chi connectivity index (χ0) is 26.0. The van der Waals surface area contributed by atoms with E-state index in [1.165, 1.54) is 0 Å². The van der Waals surface area contributed by atoms with Crippen molar-refractivity contribution < 1.29 is 14.0 Å². The summed E-state index contributed by atoms with van der Waals surface area (Å²) in [6.45, 7) is 0.112. The Morgan fingerprint density at radius 1 is 0.553 bits per heavy atom. The molecule has 0 fully saturated rings. The normalized spacial score (nSPS) is 11.6. The molecule has 38 heavy (non-hydrogen) atoms. The number of benzene rings is 6. The molecular weight excluding hydrogens is 487 g/mol. The molecule has 0 aliphatic heterocycles. The third-order valence-electron chi connectivity index (χ3n) is 6.96. The van der Waals surface area contributed by atoms with Gasteiger partial charge in [0.25, 0.3) is 0 Å². The summed E-state index contributed by atoms with van der Waals surface area (Å²) in [6.07, 6.45) is 0. The van der Waals surface area contributed by atoms with Gasteiger partial charge < -0.3 is 14.0 Å². The van der Waals surface area contributed by atoms with Crippen LogP contribution in [-0.2, 0) is 9.30 Å². The van der Waals surface area contributed by atoms with Gasteiger partial charge in [-0.05, 0) is 33.7 Å². The van der Waals surface area contributed by atoms with Gasteiger partial charge in [0.05, 0.1) is 0 Å². The van der Waals surface area contributed by atoms with Gasteiger partial charge in [0, 0.05) is 34.2 Å². The third kappa shape index (κ3) is 4.11. The second-order valence-corrected chi connectivity index (χ2v) is 11.9. The van der Waals surface area contributed by atoms with Crippen molar-refractivity contribution in [3.05, 3.63) is 133 Å². The van der Waals surface area contributed by atoms with E-state index in [1.54, 1.807) is 7.11 Å². The first-order valence-electron chi connectivity index (χ1n) is 12.6. The molecule has 0 unspecified atom stereocenters. The van der Waals surface area contributed by atoms with Crippen LogP contribution in [0.3, 0.4) is 0 Å². The average Bonchev–Trinajstić information content (AvgIpc) is 2.99. The van der Waals surface area contributed by atoms with Gasteiger partial charge in [-0.2, -0.15) is 0 Å². The first-order valence-corrected chi connectivity index (χ1v) is 14.3. The van der Waals surface area contributed by atoms with Crippen molar-refractivity contribution in [1.82, 2.24) is 0 Å². The second-order valence-electron chi connectivity index (χ2n) is 9.17. The molecule has 0 atom stereocenters. The van der Waals surface area contributed by atoms with Gasteiger partial charge in [0.2, 0.25) is 0 Å². The van der Waals surface area contributed by atoms with Crippen molar-refractivity contribution in [2.75, 3.05) is 13.9 Å². The smallest absolute Gasteiger partial charge is 0.188 e. The fourth-order valence-corrected chi connectivity index (χ4v) is 8.11. The van der Waals surface area contributed by atoms with E-state index in [0.717, 1.165) is 48.6 Å². The Balaban J connectivity index is 1.79. The molecule has 6 aromatic rings. The van der Waals surface area contributed by atoms with E-state index in [2.05, 4.69) is 36.4 Å². The van der Waals surface area contributed by atoms with Crippen LogP contribution in [0.4, 0.5) is 0 Å². The minimum atomic E-state index is -3.29. The summed E-state index contributed by atoms with van der Waals surface area (Å²) in [5, 5.41) is 6.59. The standard InChI is InChI=1S/C34H27O3P/c1-36-24-37-31-22-20-25-12-8-10-18-29(25)33(31)34-30-19-11-9-13-26(30)21-23-32(34)38(35,27-14-4-2-5-15-27)28-16-6-3-7-17-28/h2-23H,24H2,1H3. The van der Waals surface area contributed by atoms with Gasteiger partial charge in [-0.15, -0.1) is 0 Å². The Labute approximate surface area is 222 Å². The lowest BCUT2D eigenvalue weighted by atomic mass is 9.93. The molecule has 0 N–H and O–H groups in total. The van der Waals surface area contributed by atoms with Crippen molar-refractivity contribution in [3.8, 4) is 16.9 Å². The summed E-state index contributed by atoms with van der Waals surface area (Å²) >= 11 is 0. The van der Waals surface area contributed by atoms with Crippen molar-refractivity contribution in [1.29, 1.82) is 0 Å². The summed E-state index contributed by atoms with van der Waals surface area (Å²) < 4.78 is 27.1. The Morgan fingerprint density at radius 2 is 1.05 bits per heavy atom. The largest absolute Gasteiger partial charge is 0.467 e. The minimum Gasteiger partial charge on any atom is -0.467 e. The summed E-state index contributed by atoms with van der Waals surface area (Å²) in [6, 6.07) is 44.3. The van der Waals surface area contributed by atoms with Gasteiger partial charge >= 0.3 is 0 Å². The van der Waals surface area contributed by atoms with Crippen molar-refractivity contribution in [3.63, 3.8) is 0 Å². The molecule has 6 aromatic carbocycles. The first kappa shape index (κ1) is 24.2. The van der Waals surface area contributed by atoms with Gasteiger partial charge in [-0.1, -0.05) is 121 Å². The summed E-state index contributed by atoms with van der Waals surface area (Å²) in [5.74, 6) is 0.691. The van der Waals surface area contributed by atoms with Crippen LogP contribution in [0.2, 0.25) is 0 Å². The summed E-state index contributed by atoms with van der Waals surface area (Å²) in [7, 11) is -1.68. The number of ether oxygens (including phenoxy) is 2. The molecule has 6 rings (SSSR count). The van der Waals surface area contributed by atoms with Crippen molar-refractivity contribution >= 4 is 44.6 Å². The Kier molecular flexibility index (Phi) is 6.55. The maximum absolute atomic E-state index is 15.7. The van der Waals surface area contributed by atoms with Crippen molar-refractivity contribution in [2.24, 2.45) is 0 Å². The van der Waals surface area contributed by atoms with E-state index in [-0.39, 0.29) is 6.79 Å². The zero-order valence-electron chi connectivity index (χ0n) is 21.1. The number of methoxy groups -OCH3 is 1. The molecule has 0 bridgehead atoms. The molecule has 0 amide bonds. The number of rotatable bonds is 7. The van der Waals surface area contributed by atoms with E-state index in [1.807, 2.05) is 97.1 Å². The van der Waals surface area contributed by atoms with Gasteiger partial charge in [-0.25, -0.2) is 0 Å². The Hall–Kier alpha value is -4.17. The Morgan fingerprint density at radius 3 is 1.63 bits per heavy atom. The molecule has 0 aliphatic rings. The highest BCUT2D eigenvalue weighted by Gasteiger charge is 2.34. The van der Waals surface area contributed by atoms with E-state index in [9.17, 15) is 0 Å². The van der Waals surface area contributed by atoms with Crippen molar-refractivity contribution in [2.45, 2.75) is 0 Å².